The Labute approximate surface area is 116 Å². The molecule has 0 amide bonds. The number of benzene rings is 1. The van der Waals surface area contributed by atoms with E-state index >= 15 is 0 Å². The summed E-state index contributed by atoms with van der Waals surface area (Å²) in [6.07, 6.45) is 0. The van der Waals surface area contributed by atoms with Crippen molar-refractivity contribution in [1.82, 2.24) is 10.1 Å². The first kappa shape index (κ1) is 13.8. The summed E-state index contributed by atoms with van der Waals surface area (Å²) in [4.78, 5) is 4.28. The lowest BCUT2D eigenvalue weighted by molar-refractivity contribution is 0.359. The van der Waals surface area contributed by atoms with E-state index in [0.29, 0.717) is 22.5 Å². The molecule has 0 radical (unpaired) electrons. The quantitative estimate of drug-likeness (QED) is 0.933. The maximum atomic E-state index is 6.11. The van der Waals surface area contributed by atoms with Gasteiger partial charge in [-0.2, -0.15) is 4.98 Å². The zero-order valence-electron chi connectivity index (χ0n) is 11.1. The summed E-state index contributed by atoms with van der Waals surface area (Å²) in [5.41, 5.74) is 6.91. The predicted molar refractivity (Wildman–Crippen MR) is 72.4 cm³/mol. The topological polar surface area (TPSA) is 74.2 Å². The second-order valence-electron chi connectivity index (χ2n) is 4.52. The van der Waals surface area contributed by atoms with E-state index in [-0.39, 0.29) is 5.92 Å². The average Bonchev–Trinajstić information content (AvgIpc) is 2.87. The maximum Gasteiger partial charge on any atom is 0.229 e. The number of halogens is 1. The number of aromatic nitrogens is 2. The second kappa shape index (κ2) is 5.59. The smallest absolute Gasteiger partial charge is 0.229 e. The Balaban J connectivity index is 2.27. The lowest BCUT2D eigenvalue weighted by atomic mass is 10.1. The van der Waals surface area contributed by atoms with Gasteiger partial charge in [0, 0.05) is 5.92 Å². The van der Waals surface area contributed by atoms with E-state index in [1.54, 1.807) is 19.2 Å². The number of nitrogens with zero attached hydrogens (tertiary/aromatic N) is 2. The van der Waals surface area contributed by atoms with Gasteiger partial charge in [-0.25, -0.2) is 0 Å². The SMILES string of the molecule is COc1ccc(C(N)c2noc(C(C)C)n2)cc1Cl. The highest BCUT2D eigenvalue weighted by atomic mass is 35.5. The minimum atomic E-state index is -0.473. The van der Waals surface area contributed by atoms with Gasteiger partial charge < -0.3 is 15.0 Å². The van der Waals surface area contributed by atoms with Crippen LogP contribution >= 0.6 is 11.6 Å². The Hall–Kier alpha value is -1.59. The number of rotatable bonds is 4. The van der Waals surface area contributed by atoms with Crippen LogP contribution in [0, 0.1) is 0 Å². The molecular formula is C13H16ClN3O2. The van der Waals surface area contributed by atoms with E-state index in [9.17, 15) is 0 Å². The third kappa shape index (κ3) is 2.88. The van der Waals surface area contributed by atoms with Crippen molar-refractivity contribution < 1.29 is 9.26 Å². The van der Waals surface area contributed by atoms with Gasteiger partial charge in [-0.1, -0.05) is 36.7 Å². The molecule has 0 aliphatic carbocycles. The van der Waals surface area contributed by atoms with Crippen molar-refractivity contribution >= 4 is 11.6 Å². The molecule has 1 atom stereocenters. The molecule has 5 nitrogen and oxygen atoms in total. The van der Waals surface area contributed by atoms with Gasteiger partial charge in [0.1, 0.15) is 5.75 Å². The van der Waals surface area contributed by atoms with Crippen LogP contribution in [0.3, 0.4) is 0 Å². The number of methoxy groups -OCH3 is 1. The normalized spacial score (nSPS) is 12.7. The van der Waals surface area contributed by atoms with E-state index in [4.69, 9.17) is 26.6 Å². The summed E-state index contributed by atoms with van der Waals surface area (Å²) in [6.45, 7) is 3.96. The van der Waals surface area contributed by atoms with Crippen molar-refractivity contribution in [3.05, 3.63) is 40.5 Å². The van der Waals surface area contributed by atoms with E-state index in [1.165, 1.54) is 0 Å². The highest BCUT2D eigenvalue weighted by molar-refractivity contribution is 6.32. The third-order valence-corrected chi connectivity index (χ3v) is 3.06. The van der Waals surface area contributed by atoms with Crippen molar-refractivity contribution in [3.63, 3.8) is 0 Å². The molecule has 2 N–H and O–H groups in total. The first-order chi connectivity index (χ1) is 9.02. The van der Waals surface area contributed by atoms with Gasteiger partial charge in [-0.15, -0.1) is 0 Å². The highest BCUT2D eigenvalue weighted by Crippen LogP contribution is 2.28. The van der Waals surface area contributed by atoms with E-state index in [0.717, 1.165) is 5.56 Å². The fraction of sp³-hybridized carbons (Fsp3) is 0.385. The van der Waals surface area contributed by atoms with Crippen LogP contribution in [-0.4, -0.2) is 17.3 Å². The molecular weight excluding hydrogens is 266 g/mol. The number of hydrogen-bond donors (Lipinski definition) is 1. The zero-order chi connectivity index (χ0) is 14.0. The molecule has 2 rings (SSSR count). The minimum Gasteiger partial charge on any atom is -0.495 e. The first-order valence-electron chi connectivity index (χ1n) is 5.95. The molecule has 1 unspecified atom stereocenters. The Morgan fingerprint density at radius 1 is 1.37 bits per heavy atom. The molecule has 102 valence electrons. The van der Waals surface area contributed by atoms with Gasteiger partial charge in [0.05, 0.1) is 18.2 Å². The molecule has 19 heavy (non-hydrogen) atoms. The molecule has 2 aromatic rings. The summed E-state index contributed by atoms with van der Waals surface area (Å²) < 4.78 is 10.2. The lowest BCUT2D eigenvalue weighted by Gasteiger charge is -2.10. The zero-order valence-corrected chi connectivity index (χ0v) is 11.8. The van der Waals surface area contributed by atoms with Crippen LogP contribution in [0.25, 0.3) is 0 Å². The maximum absolute atomic E-state index is 6.11. The largest absolute Gasteiger partial charge is 0.495 e. The van der Waals surface area contributed by atoms with Crippen LogP contribution in [0.15, 0.2) is 22.7 Å². The fourth-order valence-corrected chi connectivity index (χ4v) is 1.90. The van der Waals surface area contributed by atoms with E-state index < -0.39 is 6.04 Å². The molecule has 0 saturated carbocycles. The van der Waals surface area contributed by atoms with Gasteiger partial charge >= 0.3 is 0 Å². The Kier molecular flexibility index (Phi) is 4.07. The van der Waals surface area contributed by atoms with Gasteiger partial charge in [0.15, 0.2) is 5.82 Å². The molecule has 0 aliphatic heterocycles. The van der Waals surface area contributed by atoms with Crippen LogP contribution in [0.4, 0.5) is 0 Å². The van der Waals surface area contributed by atoms with Crippen molar-refractivity contribution in [1.29, 1.82) is 0 Å². The molecule has 0 saturated heterocycles. The first-order valence-corrected chi connectivity index (χ1v) is 6.33. The minimum absolute atomic E-state index is 0.174. The van der Waals surface area contributed by atoms with Crippen molar-refractivity contribution in [2.75, 3.05) is 7.11 Å². The summed E-state index contributed by atoms with van der Waals surface area (Å²) >= 11 is 6.07. The molecule has 0 spiro atoms. The van der Waals surface area contributed by atoms with Crippen LogP contribution in [0.2, 0.25) is 5.02 Å². The van der Waals surface area contributed by atoms with Crippen LogP contribution < -0.4 is 10.5 Å². The van der Waals surface area contributed by atoms with E-state index in [2.05, 4.69) is 10.1 Å². The van der Waals surface area contributed by atoms with Gasteiger partial charge in [-0.3, -0.25) is 0 Å². The van der Waals surface area contributed by atoms with Crippen molar-refractivity contribution in [3.8, 4) is 5.75 Å². The second-order valence-corrected chi connectivity index (χ2v) is 4.92. The van der Waals surface area contributed by atoms with Gasteiger partial charge in [0.25, 0.3) is 0 Å². The highest BCUT2D eigenvalue weighted by Gasteiger charge is 2.18. The predicted octanol–water partition coefficient (Wildman–Crippen LogP) is 2.90. The average molecular weight is 282 g/mol. The monoisotopic (exact) mass is 281 g/mol. The summed E-state index contributed by atoms with van der Waals surface area (Å²) in [6, 6.07) is 4.87. The molecule has 1 heterocycles. The molecule has 1 aromatic heterocycles. The Morgan fingerprint density at radius 2 is 2.11 bits per heavy atom. The third-order valence-electron chi connectivity index (χ3n) is 2.76. The number of hydrogen-bond acceptors (Lipinski definition) is 5. The summed E-state index contributed by atoms with van der Waals surface area (Å²) in [7, 11) is 1.56. The summed E-state index contributed by atoms with van der Waals surface area (Å²) in [5.74, 6) is 1.80. The Bertz CT molecular complexity index is 569. The number of nitrogens with two attached hydrogens (primary N) is 1. The molecule has 0 bridgehead atoms. The Morgan fingerprint density at radius 3 is 2.63 bits per heavy atom. The molecule has 1 aromatic carbocycles. The van der Waals surface area contributed by atoms with Crippen LogP contribution in [0.5, 0.6) is 5.75 Å². The molecule has 0 fully saturated rings. The van der Waals surface area contributed by atoms with Crippen LogP contribution in [0.1, 0.15) is 43.1 Å². The lowest BCUT2D eigenvalue weighted by Crippen LogP contribution is -2.13. The fourth-order valence-electron chi connectivity index (χ4n) is 1.63. The van der Waals surface area contributed by atoms with E-state index in [1.807, 2.05) is 19.9 Å². The van der Waals surface area contributed by atoms with Crippen LogP contribution in [-0.2, 0) is 0 Å². The standard InChI is InChI=1S/C13H16ClN3O2/c1-7(2)13-16-12(17-19-13)11(15)8-4-5-10(18-3)9(14)6-8/h4-7,11H,15H2,1-3H3. The molecule has 0 aliphatic rings. The van der Waals surface area contributed by atoms with Crippen molar-refractivity contribution in [2.24, 2.45) is 5.73 Å². The van der Waals surface area contributed by atoms with Crippen molar-refractivity contribution in [2.45, 2.75) is 25.8 Å². The molecule has 6 heteroatoms. The van der Waals surface area contributed by atoms with Gasteiger partial charge in [-0.05, 0) is 17.7 Å². The summed E-state index contributed by atoms with van der Waals surface area (Å²) in [5, 5.41) is 4.40. The van der Waals surface area contributed by atoms with Gasteiger partial charge in [0.2, 0.25) is 5.89 Å². The number of ether oxygens (including phenoxy) is 1.